The highest BCUT2D eigenvalue weighted by Crippen LogP contribution is 2.20. The number of nitrogens with zero attached hydrogens (tertiary/aromatic N) is 4. The molecule has 0 bridgehead atoms. The first-order valence-corrected chi connectivity index (χ1v) is 10.1. The first-order valence-electron chi connectivity index (χ1n) is 10.1. The molecule has 9 heteroatoms. The van der Waals surface area contributed by atoms with Crippen molar-refractivity contribution in [2.24, 2.45) is 0 Å². The van der Waals surface area contributed by atoms with E-state index >= 15 is 0 Å². The van der Waals surface area contributed by atoms with E-state index in [1.54, 1.807) is 6.92 Å². The van der Waals surface area contributed by atoms with Crippen LogP contribution in [0.5, 0.6) is 0 Å². The molecule has 0 spiro atoms. The van der Waals surface area contributed by atoms with Crippen LogP contribution >= 0.6 is 0 Å². The smallest absolute Gasteiger partial charge is 0.329 e. The molecule has 0 saturated carbocycles. The van der Waals surface area contributed by atoms with Gasteiger partial charge in [0.05, 0.1) is 12.2 Å². The molecule has 2 aliphatic rings. The van der Waals surface area contributed by atoms with Gasteiger partial charge in [0.2, 0.25) is 0 Å². The van der Waals surface area contributed by atoms with E-state index in [0.717, 1.165) is 52.1 Å². The Hall–Kier alpha value is -2.39. The summed E-state index contributed by atoms with van der Waals surface area (Å²) in [4.78, 5) is 29.0. The highest BCUT2D eigenvalue weighted by Gasteiger charge is 2.24. The van der Waals surface area contributed by atoms with Crippen molar-refractivity contribution in [2.45, 2.75) is 51.4 Å². The van der Waals surface area contributed by atoms with Crippen molar-refractivity contribution in [1.82, 2.24) is 24.6 Å². The average Bonchev–Trinajstić information content (AvgIpc) is 3.36. The summed E-state index contributed by atoms with van der Waals surface area (Å²) in [6.45, 7) is 6.11. The number of hydrogen-bond donors (Lipinski definition) is 2. The maximum atomic E-state index is 12.1. The van der Waals surface area contributed by atoms with Gasteiger partial charge in [0.1, 0.15) is 5.82 Å². The first-order chi connectivity index (χ1) is 13.6. The highest BCUT2D eigenvalue weighted by molar-refractivity contribution is 5.38. The third kappa shape index (κ3) is 4.05. The number of H-pyrrole nitrogens is 1. The van der Waals surface area contributed by atoms with E-state index in [1.807, 2.05) is 6.20 Å². The number of ether oxygens (including phenoxy) is 1. The molecule has 2 saturated heterocycles. The van der Waals surface area contributed by atoms with Crippen molar-refractivity contribution in [1.29, 1.82) is 0 Å². The Morgan fingerprint density at radius 1 is 1.29 bits per heavy atom. The second kappa shape index (κ2) is 8.32. The topological polar surface area (TPSA) is 97.2 Å². The molecule has 2 N–H and O–H groups in total. The number of nitrogens with one attached hydrogen (secondary N) is 2. The van der Waals surface area contributed by atoms with E-state index in [4.69, 9.17) is 4.74 Å². The van der Waals surface area contributed by atoms with Crippen LogP contribution < -0.4 is 21.5 Å². The van der Waals surface area contributed by atoms with E-state index in [-0.39, 0.29) is 11.2 Å². The summed E-state index contributed by atoms with van der Waals surface area (Å²) in [5, 5.41) is 8.09. The van der Waals surface area contributed by atoms with Crippen LogP contribution in [0.25, 0.3) is 0 Å². The zero-order valence-electron chi connectivity index (χ0n) is 16.3. The van der Waals surface area contributed by atoms with Crippen molar-refractivity contribution < 1.29 is 4.74 Å². The summed E-state index contributed by atoms with van der Waals surface area (Å²) >= 11 is 0. The van der Waals surface area contributed by atoms with Gasteiger partial charge >= 0.3 is 5.69 Å². The van der Waals surface area contributed by atoms with E-state index in [0.29, 0.717) is 24.4 Å². The fourth-order valence-electron chi connectivity index (χ4n) is 4.00. The monoisotopic (exact) mass is 388 g/mol. The maximum absolute atomic E-state index is 12.1. The standard InChI is InChI=1S/C19H28N6O3/c1-2-24-18(26)9-17(22-19(24)27)23-6-3-15(13-23)20-10-14-11-21-25(12-14)16-4-7-28-8-5-16/h9,11-12,15-16,20H,2-8,10,13H2,1H3,(H,22,27)/t15-/m0/s1. The minimum Gasteiger partial charge on any atom is -0.381 e. The second-order valence-corrected chi connectivity index (χ2v) is 7.53. The van der Waals surface area contributed by atoms with Gasteiger partial charge in [-0.25, -0.2) is 4.79 Å². The summed E-state index contributed by atoms with van der Waals surface area (Å²) in [6.07, 6.45) is 7.05. The molecule has 4 rings (SSSR count). The van der Waals surface area contributed by atoms with E-state index < -0.39 is 0 Å². The largest absolute Gasteiger partial charge is 0.381 e. The van der Waals surface area contributed by atoms with Crippen LogP contribution in [0.1, 0.15) is 37.8 Å². The van der Waals surface area contributed by atoms with Crippen LogP contribution in [-0.4, -0.2) is 51.7 Å². The molecule has 2 fully saturated rings. The lowest BCUT2D eigenvalue weighted by Crippen LogP contribution is -2.37. The summed E-state index contributed by atoms with van der Waals surface area (Å²) in [7, 11) is 0. The molecule has 2 aromatic heterocycles. The van der Waals surface area contributed by atoms with Crippen LogP contribution in [0.2, 0.25) is 0 Å². The molecule has 152 valence electrons. The Morgan fingerprint density at radius 2 is 2.11 bits per heavy atom. The molecule has 0 aliphatic carbocycles. The van der Waals surface area contributed by atoms with Crippen LogP contribution in [0.3, 0.4) is 0 Å². The summed E-state index contributed by atoms with van der Waals surface area (Å²) < 4.78 is 8.68. The SMILES string of the molecule is CCn1c(=O)cc(N2CC[C@H](NCc3cnn(C4CCOCC4)c3)C2)[nH]c1=O. The number of aromatic amines is 1. The van der Waals surface area contributed by atoms with Gasteiger partial charge in [-0.15, -0.1) is 0 Å². The molecule has 0 amide bonds. The Kier molecular flexibility index (Phi) is 5.63. The summed E-state index contributed by atoms with van der Waals surface area (Å²) in [5.41, 5.74) is 0.573. The summed E-state index contributed by atoms with van der Waals surface area (Å²) in [6, 6.07) is 2.26. The lowest BCUT2D eigenvalue weighted by Gasteiger charge is -2.22. The van der Waals surface area contributed by atoms with Gasteiger partial charge in [-0.05, 0) is 26.2 Å². The van der Waals surface area contributed by atoms with Crippen molar-refractivity contribution in [3.05, 3.63) is 44.9 Å². The summed E-state index contributed by atoms with van der Waals surface area (Å²) in [5.74, 6) is 0.608. The molecule has 0 radical (unpaired) electrons. The predicted octanol–water partition coefficient (Wildman–Crippen LogP) is 0.473. The Labute approximate surface area is 163 Å². The molecule has 0 aromatic carbocycles. The third-order valence-corrected chi connectivity index (χ3v) is 5.67. The molecule has 1 atom stereocenters. The molecule has 2 aromatic rings. The minimum atomic E-state index is -0.345. The number of rotatable bonds is 6. The molecular formula is C19H28N6O3. The highest BCUT2D eigenvalue weighted by atomic mass is 16.5. The number of hydrogen-bond acceptors (Lipinski definition) is 6. The fourth-order valence-corrected chi connectivity index (χ4v) is 4.00. The van der Waals surface area contributed by atoms with Gasteiger partial charge < -0.3 is 15.0 Å². The second-order valence-electron chi connectivity index (χ2n) is 7.53. The van der Waals surface area contributed by atoms with Crippen molar-refractivity contribution in [2.75, 3.05) is 31.2 Å². The quantitative estimate of drug-likeness (QED) is 0.747. The van der Waals surface area contributed by atoms with Gasteiger partial charge in [-0.1, -0.05) is 0 Å². The molecular weight excluding hydrogens is 360 g/mol. The molecule has 9 nitrogen and oxygen atoms in total. The van der Waals surface area contributed by atoms with E-state index in [1.165, 1.54) is 16.2 Å². The first kappa shape index (κ1) is 18.9. The predicted molar refractivity (Wildman–Crippen MR) is 106 cm³/mol. The normalized spacial score (nSPS) is 20.8. The van der Waals surface area contributed by atoms with Gasteiger partial charge in [0, 0.05) is 63.3 Å². The van der Waals surface area contributed by atoms with Crippen LogP contribution in [0.4, 0.5) is 5.82 Å². The lowest BCUT2D eigenvalue weighted by molar-refractivity contribution is 0.0662. The van der Waals surface area contributed by atoms with Gasteiger partial charge in [0.25, 0.3) is 5.56 Å². The fraction of sp³-hybridized carbons (Fsp3) is 0.632. The molecule has 28 heavy (non-hydrogen) atoms. The number of aromatic nitrogens is 4. The van der Waals surface area contributed by atoms with Crippen molar-refractivity contribution in [3.63, 3.8) is 0 Å². The Morgan fingerprint density at radius 3 is 2.86 bits per heavy atom. The maximum Gasteiger partial charge on any atom is 0.329 e. The third-order valence-electron chi connectivity index (χ3n) is 5.67. The zero-order chi connectivity index (χ0) is 19.5. The zero-order valence-corrected chi connectivity index (χ0v) is 16.3. The van der Waals surface area contributed by atoms with Crippen molar-refractivity contribution >= 4 is 5.82 Å². The average molecular weight is 388 g/mol. The van der Waals surface area contributed by atoms with E-state index in [2.05, 4.69) is 31.2 Å². The van der Waals surface area contributed by atoms with E-state index in [9.17, 15) is 9.59 Å². The number of anilines is 1. The van der Waals surface area contributed by atoms with Crippen LogP contribution in [0.15, 0.2) is 28.0 Å². The Bertz CT molecular complexity index is 880. The van der Waals surface area contributed by atoms with Crippen LogP contribution in [-0.2, 0) is 17.8 Å². The van der Waals surface area contributed by atoms with Gasteiger partial charge in [-0.2, -0.15) is 5.10 Å². The van der Waals surface area contributed by atoms with Gasteiger partial charge in [0.15, 0.2) is 0 Å². The Balaban J connectivity index is 1.32. The molecule has 0 unspecified atom stereocenters. The molecule has 4 heterocycles. The van der Waals surface area contributed by atoms with Crippen LogP contribution in [0, 0.1) is 0 Å². The van der Waals surface area contributed by atoms with Gasteiger partial charge in [-0.3, -0.25) is 19.0 Å². The van der Waals surface area contributed by atoms with Crippen molar-refractivity contribution in [3.8, 4) is 0 Å². The minimum absolute atomic E-state index is 0.252. The lowest BCUT2D eigenvalue weighted by atomic mass is 10.1. The molecule has 2 aliphatic heterocycles.